The van der Waals surface area contributed by atoms with E-state index in [1.165, 1.54) is 38.5 Å². The van der Waals surface area contributed by atoms with Gasteiger partial charge >= 0.3 is 0 Å². The monoisotopic (exact) mass is 254 g/mol. The van der Waals surface area contributed by atoms with Gasteiger partial charge in [0.05, 0.1) is 12.7 Å². The topological polar surface area (TPSA) is 24.5 Å². The fraction of sp³-hybridized carbons (Fsp3) is 1.00. The summed E-state index contributed by atoms with van der Waals surface area (Å²) in [5.74, 6) is 0.945. The number of likely N-dealkylation sites (N-methyl/N-ethyl adjacent to an activating group) is 1. The van der Waals surface area contributed by atoms with Crippen molar-refractivity contribution in [2.75, 3.05) is 33.3 Å². The molecule has 0 aromatic rings. The lowest BCUT2D eigenvalue weighted by Crippen LogP contribution is -2.38. The van der Waals surface area contributed by atoms with E-state index in [0.29, 0.717) is 6.10 Å². The Bertz CT molecular complexity index is 221. The van der Waals surface area contributed by atoms with Gasteiger partial charge in [0.25, 0.3) is 0 Å². The summed E-state index contributed by atoms with van der Waals surface area (Å²) in [5.41, 5.74) is 0. The molecule has 0 aromatic heterocycles. The Morgan fingerprint density at radius 3 is 2.39 bits per heavy atom. The lowest BCUT2D eigenvalue weighted by atomic mass is 9.87. The van der Waals surface area contributed by atoms with E-state index in [4.69, 9.17) is 4.74 Å². The molecule has 2 fully saturated rings. The summed E-state index contributed by atoms with van der Waals surface area (Å²) in [7, 11) is 2.27. The van der Waals surface area contributed by atoms with Crippen LogP contribution in [0.5, 0.6) is 0 Å². The van der Waals surface area contributed by atoms with Crippen LogP contribution >= 0.6 is 0 Å². The Morgan fingerprint density at radius 1 is 1.06 bits per heavy atom. The summed E-state index contributed by atoms with van der Waals surface area (Å²) in [6.07, 6.45) is 8.45. The van der Waals surface area contributed by atoms with Gasteiger partial charge < -0.3 is 15.0 Å². The molecular formula is C15H30N2O. The summed E-state index contributed by atoms with van der Waals surface area (Å²) in [5, 5.41) is 3.38. The minimum atomic E-state index is 0.506. The van der Waals surface area contributed by atoms with Crippen LogP contribution in [0.1, 0.15) is 45.4 Å². The van der Waals surface area contributed by atoms with Crippen molar-refractivity contribution >= 4 is 0 Å². The Balaban J connectivity index is 1.57. The molecule has 3 nitrogen and oxygen atoms in total. The van der Waals surface area contributed by atoms with Crippen molar-refractivity contribution in [1.82, 2.24) is 10.2 Å². The van der Waals surface area contributed by atoms with Crippen LogP contribution in [0.3, 0.4) is 0 Å². The molecule has 0 aromatic carbocycles. The Hall–Kier alpha value is -0.120. The molecule has 18 heavy (non-hydrogen) atoms. The smallest absolute Gasteiger partial charge is 0.0600 e. The van der Waals surface area contributed by atoms with E-state index >= 15 is 0 Å². The van der Waals surface area contributed by atoms with Crippen molar-refractivity contribution in [1.29, 1.82) is 0 Å². The van der Waals surface area contributed by atoms with Crippen molar-refractivity contribution in [2.45, 2.75) is 57.6 Å². The number of hydrogen-bond donors (Lipinski definition) is 1. The molecule has 1 heterocycles. The predicted molar refractivity (Wildman–Crippen MR) is 75.9 cm³/mol. The van der Waals surface area contributed by atoms with Crippen LogP contribution in [0, 0.1) is 5.92 Å². The summed E-state index contributed by atoms with van der Waals surface area (Å²) < 4.78 is 5.98. The zero-order valence-electron chi connectivity index (χ0n) is 12.2. The van der Waals surface area contributed by atoms with Crippen LogP contribution in [0.4, 0.5) is 0 Å². The molecule has 1 N–H and O–H groups in total. The van der Waals surface area contributed by atoms with Gasteiger partial charge in [-0.3, -0.25) is 0 Å². The molecule has 3 heteroatoms. The van der Waals surface area contributed by atoms with Crippen LogP contribution in [-0.2, 0) is 4.74 Å². The maximum absolute atomic E-state index is 5.98. The van der Waals surface area contributed by atoms with Crippen LogP contribution in [0.15, 0.2) is 0 Å². The molecule has 2 rings (SSSR count). The second-order valence-electron chi connectivity index (χ2n) is 6.21. The van der Waals surface area contributed by atoms with Gasteiger partial charge in [0.2, 0.25) is 0 Å². The minimum Gasteiger partial charge on any atom is -0.377 e. The van der Waals surface area contributed by atoms with Gasteiger partial charge in [0.15, 0.2) is 0 Å². The number of piperidine rings is 1. The van der Waals surface area contributed by atoms with Crippen LogP contribution in [-0.4, -0.2) is 50.3 Å². The molecule has 1 aliphatic heterocycles. The van der Waals surface area contributed by atoms with E-state index in [2.05, 4.69) is 24.2 Å². The number of nitrogens with one attached hydrogen (secondary N) is 1. The Morgan fingerprint density at radius 2 is 1.72 bits per heavy atom. The van der Waals surface area contributed by atoms with Crippen molar-refractivity contribution in [3.63, 3.8) is 0 Å². The van der Waals surface area contributed by atoms with Crippen LogP contribution < -0.4 is 5.32 Å². The molecule has 106 valence electrons. The van der Waals surface area contributed by atoms with Crippen molar-refractivity contribution in [3.05, 3.63) is 0 Å². The van der Waals surface area contributed by atoms with E-state index in [0.717, 1.165) is 38.2 Å². The molecule has 0 radical (unpaired) electrons. The van der Waals surface area contributed by atoms with Crippen LogP contribution in [0.2, 0.25) is 0 Å². The van der Waals surface area contributed by atoms with Crippen LogP contribution in [0.25, 0.3) is 0 Å². The first-order chi connectivity index (χ1) is 8.75. The van der Waals surface area contributed by atoms with E-state index in [1.807, 2.05) is 0 Å². The van der Waals surface area contributed by atoms with Gasteiger partial charge in [-0.2, -0.15) is 0 Å². The normalized spacial score (nSPS) is 30.8. The first-order valence-electron chi connectivity index (χ1n) is 7.78. The van der Waals surface area contributed by atoms with E-state index in [9.17, 15) is 0 Å². The molecule has 0 unspecified atom stereocenters. The minimum absolute atomic E-state index is 0.506. The second-order valence-corrected chi connectivity index (χ2v) is 6.21. The predicted octanol–water partition coefficient (Wildman–Crippen LogP) is 2.27. The standard InChI is InChI=1S/C15H30N2O/c1-13-3-5-14(6-4-13)17(2)11-12-18-15-7-9-16-10-8-15/h13-16H,3-12H2,1-2H3. The number of ether oxygens (including phenoxy) is 1. The molecule has 1 saturated heterocycles. The van der Waals surface area contributed by atoms with E-state index < -0.39 is 0 Å². The molecule has 2 aliphatic rings. The summed E-state index contributed by atoms with van der Waals surface area (Å²) in [6.45, 7) is 6.65. The highest BCUT2D eigenvalue weighted by Crippen LogP contribution is 2.26. The Kier molecular flexibility index (Phi) is 5.93. The highest BCUT2D eigenvalue weighted by atomic mass is 16.5. The highest BCUT2D eigenvalue weighted by molar-refractivity contribution is 4.76. The maximum atomic E-state index is 5.98. The SMILES string of the molecule is CC1CCC(N(C)CCOC2CCNCC2)CC1. The van der Waals surface area contributed by atoms with Crippen molar-refractivity contribution < 1.29 is 4.74 Å². The summed E-state index contributed by atoms with van der Waals surface area (Å²) >= 11 is 0. The first kappa shape index (κ1) is 14.3. The highest BCUT2D eigenvalue weighted by Gasteiger charge is 2.21. The summed E-state index contributed by atoms with van der Waals surface area (Å²) in [4.78, 5) is 2.52. The third-order valence-electron chi connectivity index (χ3n) is 4.69. The molecular weight excluding hydrogens is 224 g/mol. The lowest BCUT2D eigenvalue weighted by Gasteiger charge is -2.34. The van der Waals surface area contributed by atoms with Gasteiger partial charge in [-0.1, -0.05) is 6.92 Å². The zero-order chi connectivity index (χ0) is 12.8. The zero-order valence-corrected chi connectivity index (χ0v) is 12.2. The fourth-order valence-corrected chi connectivity index (χ4v) is 3.19. The third-order valence-corrected chi connectivity index (χ3v) is 4.69. The number of nitrogens with zero attached hydrogens (tertiary/aromatic N) is 1. The first-order valence-corrected chi connectivity index (χ1v) is 7.78. The van der Waals surface area contributed by atoms with Gasteiger partial charge in [-0.25, -0.2) is 0 Å². The fourth-order valence-electron chi connectivity index (χ4n) is 3.19. The average Bonchev–Trinajstić information content (AvgIpc) is 2.40. The molecule has 0 bridgehead atoms. The average molecular weight is 254 g/mol. The van der Waals surface area contributed by atoms with Crippen molar-refractivity contribution in [3.8, 4) is 0 Å². The maximum Gasteiger partial charge on any atom is 0.0600 e. The van der Waals surface area contributed by atoms with Gasteiger partial charge in [0, 0.05) is 12.6 Å². The van der Waals surface area contributed by atoms with Crippen molar-refractivity contribution in [2.24, 2.45) is 5.92 Å². The van der Waals surface area contributed by atoms with Gasteiger partial charge in [-0.05, 0) is 64.6 Å². The quantitative estimate of drug-likeness (QED) is 0.814. The number of hydrogen-bond acceptors (Lipinski definition) is 3. The number of rotatable bonds is 5. The van der Waals surface area contributed by atoms with E-state index in [-0.39, 0.29) is 0 Å². The largest absolute Gasteiger partial charge is 0.377 e. The molecule has 0 amide bonds. The molecule has 0 spiro atoms. The molecule has 0 atom stereocenters. The Labute approximate surface area is 112 Å². The second kappa shape index (κ2) is 7.46. The van der Waals surface area contributed by atoms with Gasteiger partial charge in [-0.15, -0.1) is 0 Å². The van der Waals surface area contributed by atoms with Gasteiger partial charge in [0.1, 0.15) is 0 Å². The summed E-state index contributed by atoms with van der Waals surface area (Å²) in [6, 6.07) is 0.804. The lowest BCUT2D eigenvalue weighted by molar-refractivity contribution is 0.0150. The van der Waals surface area contributed by atoms with E-state index in [1.54, 1.807) is 0 Å². The molecule has 1 aliphatic carbocycles. The molecule has 1 saturated carbocycles. The third kappa shape index (κ3) is 4.52.